The fourth-order valence-corrected chi connectivity index (χ4v) is 2.00. The van der Waals surface area contributed by atoms with Gasteiger partial charge in [0.25, 0.3) is 0 Å². The molecule has 0 fully saturated rings. The summed E-state index contributed by atoms with van der Waals surface area (Å²) in [5.41, 5.74) is 2.36. The van der Waals surface area contributed by atoms with E-state index in [1.807, 2.05) is 30.3 Å². The van der Waals surface area contributed by atoms with Gasteiger partial charge in [-0.1, -0.05) is 50.2 Å². The molecule has 0 N–H and O–H groups in total. The fraction of sp³-hybridized carbons (Fsp3) is 0.294. The van der Waals surface area contributed by atoms with Gasteiger partial charge < -0.3 is 9.47 Å². The van der Waals surface area contributed by atoms with Crippen molar-refractivity contribution in [1.29, 1.82) is 0 Å². The van der Waals surface area contributed by atoms with Crippen LogP contribution in [0.25, 0.3) is 0 Å². The number of ether oxygens (including phenoxy) is 2. The summed E-state index contributed by atoms with van der Waals surface area (Å²) in [5, 5.41) is 0. The molecule has 0 heterocycles. The van der Waals surface area contributed by atoms with Gasteiger partial charge in [0, 0.05) is 6.07 Å². The first-order valence-electron chi connectivity index (χ1n) is 6.55. The Labute approximate surface area is 115 Å². The molecule has 0 unspecified atom stereocenters. The summed E-state index contributed by atoms with van der Waals surface area (Å²) in [6.07, 6.45) is 0. The molecule has 2 nitrogen and oxygen atoms in total. The molecule has 0 aromatic heterocycles. The predicted octanol–water partition coefficient (Wildman–Crippen LogP) is 4.40. The Kier molecular flexibility index (Phi) is 4.45. The van der Waals surface area contributed by atoms with Crippen LogP contribution in [0.2, 0.25) is 0 Å². The van der Waals surface area contributed by atoms with Crippen LogP contribution in [0.1, 0.15) is 30.9 Å². The van der Waals surface area contributed by atoms with Gasteiger partial charge in [0.2, 0.25) is 0 Å². The molecule has 2 rings (SSSR count). The predicted molar refractivity (Wildman–Crippen MR) is 77.9 cm³/mol. The standard InChI is InChI=1S/C17H20O2/c1-13(2)16-10-9-15(11-17(16)18-3)19-12-14-7-5-4-6-8-14/h4-11,13H,12H2,1-3H3. The third-order valence-electron chi connectivity index (χ3n) is 3.08. The zero-order valence-electron chi connectivity index (χ0n) is 11.7. The first-order chi connectivity index (χ1) is 9.20. The highest BCUT2D eigenvalue weighted by Gasteiger charge is 2.08. The van der Waals surface area contributed by atoms with Crippen molar-refractivity contribution in [2.24, 2.45) is 0 Å². The van der Waals surface area contributed by atoms with E-state index < -0.39 is 0 Å². The third-order valence-corrected chi connectivity index (χ3v) is 3.08. The SMILES string of the molecule is COc1cc(OCc2ccccc2)ccc1C(C)C. The van der Waals surface area contributed by atoms with E-state index in [9.17, 15) is 0 Å². The first-order valence-corrected chi connectivity index (χ1v) is 6.55. The van der Waals surface area contributed by atoms with Crippen molar-refractivity contribution < 1.29 is 9.47 Å². The maximum Gasteiger partial charge on any atom is 0.126 e. The summed E-state index contributed by atoms with van der Waals surface area (Å²) in [6.45, 7) is 4.88. The van der Waals surface area contributed by atoms with E-state index in [-0.39, 0.29) is 0 Å². The molecule has 2 aromatic carbocycles. The van der Waals surface area contributed by atoms with Crippen LogP contribution < -0.4 is 9.47 Å². The number of hydrogen-bond donors (Lipinski definition) is 0. The maximum atomic E-state index is 5.79. The van der Waals surface area contributed by atoms with E-state index in [1.54, 1.807) is 7.11 Å². The fourth-order valence-electron chi connectivity index (χ4n) is 2.00. The molecular formula is C17H20O2. The summed E-state index contributed by atoms with van der Waals surface area (Å²) in [5.74, 6) is 2.17. The van der Waals surface area contributed by atoms with Gasteiger partial charge in [0.05, 0.1) is 7.11 Å². The molecule has 0 atom stereocenters. The second kappa shape index (κ2) is 6.28. The van der Waals surface area contributed by atoms with E-state index in [2.05, 4.69) is 32.0 Å². The smallest absolute Gasteiger partial charge is 0.126 e. The van der Waals surface area contributed by atoms with Crippen molar-refractivity contribution in [3.8, 4) is 11.5 Å². The first kappa shape index (κ1) is 13.5. The molecule has 2 aromatic rings. The van der Waals surface area contributed by atoms with Crippen LogP contribution in [0.3, 0.4) is 0 Å². The zero-order valence-corrected chi connectivity index (χ0v) is 11.7. The lowest BCUT2D eigenvalue weighted by atomic mass is 10.0. The van der Waals surface area contributed by atoms with Gasteiger partial charge in [0.15, 0.2) is 0 Å². The molecule has 0 saturated heterocycles. The van der Waals surface area contributed by atoms with E-state index in [1.165, 1.54) is 5.56 Å². The minimum absolute atomic E-state index is 0.443. The van der Waals surface area contributed by atoms with Crippen molar-refractivity contribution in [2.45, 2.75) is 26.4 Å². The minimum Gasteiger partial charge on any atom is -0.496 e. The second-order valence-corrected chi connectivity index (χ2v) is 4.83. The van der Waals surface area contributed by atoms with Gasteiger partial charge in [-0.05, 0) is 23.1 Å². The van der Waals surface area contributed by atoms with Crippen molar-refractivity contribution in [3.63, 3.8) is 0 Å². The molecule has 0 aliphatic heterocycles. The molecule has 0 aliphatic carbocycles. The topological polar surface area (TPSA) is 18.5 Å². The highest BCUT2D eigenvalue weighted by atomic mass is 16.5. The van der Waals surface area contributed by atoms with Crippen LogP contribution in [-0.2, 0) is 6.61 Å². The Morgan fingerprint density at radius 2 is 1.74 bits per heavy atom. The Balaban J connectivity index is 2.09. The minimum atomic E-state index is 0.443. The quantitative estimate of drug-likeness (QED) is 0.789. The molecule has 0 spiro atoms. The second-order valence-electron chi connectivity index (χ2n) is 4.83. The Morgan fingerprint density at radius 3 is 2.37 bits per heavy atom. The molecule has 0 saturated carbocycles. The van der Waals surface area contributed by atoms with E-state index >= 15 is 0 Å². The van der Waals surface area contributed by atoms with Crippen molar-refractivity contribution in [1.82, 2.24) is 0 Å². The zero-order chi connectivity index (χ0) is 13.7. The summed E-state index contributed by atoms with van der Waals surface area (Å²) < 4.78 is 11.2. The van der Waals surface area contributed by atoms with Gasteiger partial charge in [-0.3, -0.25) is 0 Å². The molecule has 0 amide bonds. The van der Waals surface area contributed by atoms with Gasteiger partial charge >= 0.3 is 0 Å². The van der Waals surface area contributed by atoms with E-state index in [0.717, 1.165) is 17.1 Å². The van der Waals surface area contributed by atoms with Crippen LogP contribution in [0.4, 0.5) is 0 Å². The van der Waals surface area contributed by atoms with Gasteiger partial charge in [-0.25, -0.2) is 0 Å². The Bertz CT molecular complexity index is 518. The van der Waals surface area contributed by atoms with Crippen molar-refractivity contribution in [3.05, 3.63) is 59.7 Å². The highest BCUT2D eigenvalue weighted by Crippen LogP contribution is 2.30. The van der Waals surface area contributed by atoms with Gasteiger partial charge in [-0.2, -0.15) is 0 Å². The average molecular weight is 256 g/mol. The molecule has 19 heavy (non-hydrogen) atoms. The monoisotopic (exact) mass is 256 g/mol. The number of methoxy groups -OCH3 is 1. The average Bonchev–Trinajstić information content (AvgIpc) is 2.45. The van der Waals surface area contributed by atoms with Crippen molar-refractivity contribution >= 4 is 0 Å². The van der Waals surface area contributed by atoms with E-state index in [4.69, 9.17) is 9.47 Å². The summed E-state index contributed by atoms with van der Waals surface area (Å²) >= 11 is 0. The summed E-state index contributed by atoms with van der Waals surface area (Å²) in [4.78, 5) is 0. The highest BCUT2D eigenvalue weighted by molar-refractivity contribution is 5.42. The van der Waals surface area contributed by atoms with Gasteiger partial charge in [-0.15, -0.1) is 0 Å². The molecule has 0 aliphatic rings. The van der Waals surface area contributed by atoms with Crippen LogP contribution in [0, 0.1) is 0 Å². The van der Waals surface area contributed by atoms with Crippen molar-refractivity contribution in [2.75, 3.05) is 7.11 Å². The number of rotatable bonds is 5. The molecule has 0 bridgehead atoms. The third kappa shape index (κ3) is 3.50. The lowest BCUT2D eigenvalue weighted by Gasteiger charge is -2.14. The summed E-state index contributed by atoms with van der Waals surface area (Å²) in [7, 11) is 1.70. The van der Waals surface area contributed by atoms with Crippen LogP contribution in [0.5, 0.6) is 11.5 Å². The molecule has 0 radical (unpaired) electrons. The normalized spacial score (nSPS) is 10.5. The van der Waals surface area contributed by atoms with Gasteiger partial charge in [0.1, 0.15) is 18.1 Å². The number of benzene rings is 2. The Morgan fingerprint density at radius 1 is 1.00 bits per heavy atom. The molecular weight excluding hydrogens is 236 g/mol. The lowest BCUT2D eigenvalue weighted by Crippen LogP contribution is -1.98. The number of hydrogen-bond acceptors (Lipinski definition) is 2. The van der Waals surface area contributed by atoms with Crippen LogP contribution in [0.15, 0.2) is 48.5 Å². The summed E-state index contributed by atoms with van der Waals surface area (Å²) in [6, 6.07) is 16.2. The maximum absolute atomic E-state index is 5.79. The van der Waals surface area contributed by atoms with E-state index in [0.29, 0.717) is 12.5 Å². The largest absolute Gasteiger partial charge is 0.496 e. The lowest BCUT2D eigenvalue weighted by molar-refractivity contribution is 0.303. The molecule has 2 heteroatoms. The Hall–Kier alpha value is -1.96. The van der Waals surface area contributed by atoms with Crippen LogP contribution in [-0.4, -0.2) is 7.11 Å². The van der Waals surface area contributed by atoms with Crippen LogP contribution >= 0.6 is 0 Å². The molecule has 100 valence electrons.